The second kappa shape index (κ2) is 18.0. The Kier molecular flexibility index (Phi) is 12.2. The van der Waals surface area contributed by atoms with E-state index in [0.29, 0.717) is 56.4 Å². The number of benzene rings is 1. The molecule has 0 unspecified atom stereocenters. The SMILES string of the molecule is CC1=CC(=C(C#N)C#N)C=C(C=Cc2cc(CN(Cc3ccccn3)Cc3ccccn3)c(O)c(CN(Cc3ccccn3)Cc3ccccn3)c2)O1. The molecule has 0 aliphatic carbocycles. The molecule has 0 bridgehead atoms. The number of rotatable bonds is 14. The zero-order valence-corrected chi connectivity index (χ0v) is 29.4. The van der Waals surface area contributed by atoms with Crippen molar-refractivity contribution in [1.82, 2.24) is 29.7 Å². The smallest absolute Gasteiger partial charge is 0.137 e. The predicted molar refractivity (Wildman–Crippen MR) is 201 cm³/mol. The molecule has 0 saturated carbocycles. The van der Waals surface area contributed by atoms with Crippen LogP contribution in [0.5, 0.6) is 5.75 Å². The molecule has 0 saturated heterocycles. The van der Waals surface area contributed by atoms with Crippen molar-refractivity contribution in [2.24, 2.45) is 0 Å². The first kappa shape index (κ1) is 36.1. The van der Waals surface area contributed by atoms with E-state index in [-0.39, 0.29) is 11.3 Å². The number of nitriles is 2. The first-order chi connectivity index (χ1) is 25.9. The number of allylic oxidation sites excluding steroid dienone is 6. The summed E-state index contributed by atoms with van der Waals surface area (Å²) in [5, 5.41) is 31.0. The van der Waals surface area contributed by atoms with Crippen LogP contribution in [0.15, 0.2) is 151 Å². The Bertz CT molecular complexity index is 2000. The van der Waals surface area contributed by atoms with E-state index < -0.39 is 0 Å². The Balaban J connectivity index is 1.39. The molecule has 1 aliphatic rings. The summed E-state index contributed by atoms with van der Waals surface area (Å²) in [5.41, 5.74) is 6.41. The van der Waals surface area contributed by atoms with E-state index >= 15 is 0 Å². The number of hydrogen-bond acceptors (Lipinski definition) is 10. The van der Waals surface area contributed by atoms with Crippen molar-refractivity contribution < 1.29 is 9.84 Å². The molecular weight excluding hydrogens is 661 g/mol. The van der Waals surface area contributed by atoms with Crippen molar-refractivity contribution in [3.05, 3.63) is 190 Å². The fraction of sp³-hybridized carbons (Fsp3) is 0.163. The lowest BCUT2D eigenvalue weighted by molar-refractivity contribution is 0.231. The predicted octanol–water partition coefficient (Wildman–Crippen LogP) is 7.55. The van der Waals surface area contributed by atoms with Crippen LogP contribution in [0.25, 0.3) is 6.08 Å². The fourth-order valence-electron chi connectivity index (χ4n) is 6.04. The van der Waals surface area contributed by atoms with Gasteiger partial charge in [0.15, 0.2) is 0 Å². The highest BCUT2D eigenvalue weighted by molar-refractivity contribution is 5.60. The van der Waals surface area contributed by atoms with Gasteiger partial charge in [0, 0.05) is 80.8 Å². The number of phenols is 1. The van der Waals surface area contributed by atoms with Crippen molar-refractivity contribution in [2.75, 3.05) is 0 Å². The van der Waals surface area contributed by atoms with Crippen molar-refractivity contribution in [2.45, 2.75) is 46.2 Å². The number of ether oxygens (including phenoxy) is 1. The van der Waals surface area contributed by atoms with E-state index in [2.05, 4.69) is 29.7 Å². The molecule has 0 amide bonds. The highest BCUT2D eigenvalue weighted by atomic mass is 16.5. The Morgan fingerprint density at radius 3 is 1.45 bits per heavy atom. The molecular formula is C43H38N8O2. The summed E-state index contributed by atoms with van der Waals surface area (Å²) < 4.78 is 5.95. The number of aromatic hydroxyl groups is 1. The summed E-state index contributed by atoms with van der Waals surface area (Å²) in [6.45, 7) is 4.77. The maximum absolute atomic E-state index is 12.0. The highest BCUT2D eigenvalue weighted by Crippen LogP contribution is 2.31. The Morgan fingerprint density at radius 1 is 0.642 bits per heavy atom. The molecule has 6 rings (SSSR count). The second-order valence-corrected chi connectivity index (χ2v) is 12.6. The van der Waals surface area contributed by atoms with Gasteiger partial charge < -0.3 is 9.84 Å². The lowest BCUT2D eigenvalue weighted by Crippen LogP contribution is -2.25. The summed E-state index contributed by atoms with van der Waals surface area (Å²) in [6, 6.07) is 31.3. The zero-order chi connectivity index (χ0) is 36.8. The van der Waals surface area contributed by atoms with E-state index in [0.717, 1.165) is 39.5 Å². The largest absolute Gasteiger partial charge is 0.507 e. The number of pyridine rings is 4. The van der Waals surface area contributed by atoms with E-state index in [4.69, 9.17) is 4.74 Å². The van der Waals surface area contributed by atoms with Crippen molar-refractivity contribution >= 4 is 6.08 Å². The van der Waals surface area contributed by atoms with Gasteiger partial charge >= 0.3 is 0 Å². The molecule has 1 aliphatic heterocycles. The topological polar surface area (TPSA) is 135 Å². The molecule has 0 fully saturated rings. The lowest BCUT2D eigenvalue weighted by Gasteiger charge is -2.25. The molecule has 1 aromatic carbocycles. The van der Waals surface area contributed by atoms with E-state index in [1.54, 1.807) is 43.9 Å². The normalized spacial score (nSPS) is 12.6. The minimum atomic E-state index is 0.00885. The molecule has 10 nitrogen and oxygen atoms in total. The van der Waals surface area contributed by atoms with Crippen LogP contribution in [-0.2, 0) is 44.0 Å². The van der Waals surface area contributed by atoms with Crippen molar-refractivity contribution in [3.63, 3.8) is 0 Å². The summed E-state index contributed by atoms with van der Waals surface area (Å²) >= 11 is 0. The average molecular weight is 699 g/mol. The molecule has 1 N–H and O–H groups in total. The zero-order valence-electron chi connectivity index (χ0n) is 29.4. The second-order valence-electron chi connectivity index (χ2n) is 12.6. The quantitative estimate of drug-likeness (QED) is 0.116. The molecule has 4 aromatic heterocycles. The van der Waals surface area contributed by atoms with Gasteiger partial charge in [0.1, 0.15) is 35.0 Å². The molecule has 10 heteroatoms. The maximum atomic E-state index is 12.0. The molecule has 5 heterocycles. The Labute approximate surface area is 309 Å². The molecule has 0 atom stereocenters. The third-order valence-electron chi connectivity index (χ3n) is 8.41. The number of phenolic OH excluding ortho intramolecular Hbond substituents is 1. The van der Waals surface area contributed by atoms with Crippen LogP contribution in [0.2, 0.25) is 0 Å². The van der Waals surface area contributed by atoms with Crippen LogP contribution in [-0.4, -0.2) is 34.8 Å². The standard InChI is InChI=1S/C43H38N8O2/c1-32-20-34(37(24-44)25-45)23-42(53-32)15-14-33-21-35(26-50(28-38-10-2-6-16-46-38)29-39-11-3-7-17-47-39)43(52)36(22-33)27-51(30-40-12-4-8-18-48-40)31-41-13-5-9-19-49-41/h2-23,52H,26-31H2,1H3. The summed E-state index contributed by atoms with van der Waals surface area (Å²) in [4.78, 5) is 22.7. The van der Waals surface area contributed by atoms with Crippen LogP contribution in [0.3, 0.4) is 0 Å². The average Bonchev–Trinajstić information content (AvgIpc) is 3.17. The molecule has 262 valence electrons. The van der Waals surface area contributed by atoms with Crippen molar-refractivity contribution in [1.29, 1.82) is 10.5 Å². The third-order valence-corrected chi connectivity index (χ3v) is 8.41. The molecule has 53 heavy (non-hydrogen) atoms. The first-order valence-corrected chi connectivity index (χ1v) is 17.1. The molecule has 0 radical (unpaired) electrons. The van der Waals surface area contributed by atoms with Gasteiger partial charge in [-0.2, -0.15) is 10.5 Å². The third kappa shape index (κ3) is 10.4. The number of aromatic nitrogens is 4. The van der Waals surface area contributed by atoms with Gasteiger partial charge in [-0.05, 0) is 91.4 Å². The first-order valence-electron chi connectivity index (χ1n) is 17.1. The number of nitrogens with zero attached hydrogens (tertiary/aromatic N) is 8. The van der Waals surface area contributed by atoms with Gasteiger partial charge in [-0.1, -0.05) is 30.3 Å². The van der Waals surface area contributed by atoms with E-state index in [1.807, 2.05) is 109 Å². The van der Waals surface area contributed by atoms with E-state index in [9.17, 15) is 15.6 Å². The highest BCUT2D eigenvalue weighted by Gasteiger charge is 2.19. The van der Waals surface area contributed by atoms with Gasteiger partial charge in [-0.15, -0.1) is 0 Å². The maximum Gasteiger partial charge on any atom is 0.137 e. The van der Waals surface area contributed by atoms with Crippen LogP contribution < -0.4 is 0 Å². The van der Waals surface area contributed by atoms with Gasteiger partial charge in [0.25, 0.3) is 0 Å². The van der Waals surface area contributed by atoms with E-state index in [1.165, 1.54) is 0 Å². The number of hydrogen-bond donors (Lipinski definition) is 1. The van der Waals surface area contributed by atoms with Crippen LogP contribution in [0.4, 0.5) is 0 Å². The summed E-state index contributed by atoms with van der Waals surface area (Å²) in [6.07, 6.45) is 14.2. The minimum absolute atomic E-state index is 0.00885. The van der Waals surface area contributed by atoms with Gasteiger partial charge in [-0.25, -0.2) is 0 Å². The lowest BCUT2D eigenvalue weighted by atomic mass is 10.0. The Hall–Kier alpha value is -6.72. The monoisotopic (exact) mass is 698 g/mol. The van der Waals surface area contributed by atoms with Gasteiger partial charge in [0.2, 0.25) is 0 Å². The van der Waals surface area contributed by atoms with Gasteiger partial charge in [-0.3, -0.25) is 29.7 Å². The van der Waals surface area contributed by atoms with Gasteiger partial charge in [0.05, 0.1) is 22.8 Å². The Morgan fingerprint density at radius 2 is 1.08 bits per heavy atom. The fourth-order valence-corrected chi connectivity index (χ4v) is 6.04. The van der Waals surface area contributed by atoms with Crippen LogP contribution in [0.1, 0.15) is 46.4 Å². The summed E-state index contributed by atoms with van der Waals surface area (Å²) in [5.74, 6) is 1.25. The van der Waals surface area contributed by atoms with Crippen LogP contribution >= 0.6 is 0 Å². The minimum Gasteiger partial charge on any atom is -0.507 e. The summed E-state index contributed by atoms with van der Waals surface area (Å²) in [7, 11) is 0. The van der Waals surface area contributed by atoms with Crippen LogP contribution in [0, 0.1) is 22.7 Å². The molecule has 5 aromatic rings. The molecule has 0 spiro atoms. The van der Waals surface area contributed by atoms with Crippen molar-refractivity contribution in [3.8, 4) is 17.9 Å².